The Bertz CT molecular complexity index is 811. The van der Waals surface area contributed by atoms with Crippen LogP contribution in [0, 0.1) is 5.92 Å². The largest absolute Gasteiger partial charge is 0.488 e. The van der Waals surface area contributed by atoms with E-state index >= 15 is 0 Å². The zero-order valence-electron chi connectivity index (χ0n) is 15.7. The molecule has 1 N–H and O–H groups in total. The molecule has 1 heterocycles. The zero-order valence-corrected chi connectivity index (χ0v) is 15.7. The first-order chi connectivity index (χ1) is 13.0. The summed E-state index contributed by atoms with van der Waals surface area (Å²) in [6.07, 6.45) is 2.42. The first-order valence-electron chi connectivity index (χ1n) is 9.04. The molecule has 2 rings (SSSR count). The molecule has 0 unspecified atom stereocenters. The van der Waals surface area contributed by atoms with Gasteiger partial charge in [0.1, 0.15) is 6.61 Å². The Morgan fingerprint density at radius 2 is 1.85 bits per heavy atom. The number of ether oxygens (including phenoxy) is 2. The third-order valence-electron chi connectivity index (χ3n) is 3.93. The van der Waals surface area contributed by atoms with E-state index in [-0.39, 0.29) is 36.4 Å². The third kappa shape index (κ3) is 7.09. The first-order valence-corrected chi connectivity index (χ1v) is 9.04. The number of Topliss-reactive ketones (excluding diaryl/α,β-unsaturated/α-hetero) is 1. The number of aromatic amines is 1. The maximum absolute atomic E-state index is 12.0. The second kappa shape index (κ2) is 10.3. The quantitative estimate of drug-likeness (QED) is 0.510. The number of aromatic nitrogens is 1. The van der Waals surface area contributed by atoms with Crippen LogP contribution in [0.15, 0.2) is 47.4 Å². The number of carbonyl (C=O) groups is 2. The molecular formula is C21H25NO5. The maximum atomic E-state index is 12.0. The molecule has 0 spiro atoms. The van der Waals surface area contributed by atoms with Crippen molar-refractivity contribution >= 4 is 11.8 Å². The summed E-state index contributed by atoms with van der Waals surface area (Å²) in [7, 11) is 0. The lowest BCUT2D eigenvalue weighted by Gasteiger charge is -2.09. The number of hydrogen-bond acceptors (Lipinski definition) is 5. The summed E-state index contributed by atoms with van der Waals surface area (Å²) in [4.78, 5) is 38.7. The van der Waals surface area contributed by atoms with Gasteiger partial charge in [-0.1, -0.05) is 44.2 Å². The first kappa shape index (κ1) is 20.4. The minimum atomic E-state index is -0.489. The molecule has 0 amide bonds. The van der Waals surface area contributed by atoms with Gasteiger partial charge in [0.05, 0.1) is 18.7 Å². The predicted octanol–water partition coefficient (Wildman–Crippen LogP) is 3.51. The number of pyridine rings is 1. The number of esters is 1. The molecule has 1 aromatic carbocycles. The smallest absolute Gasteiger partial charge is 0.306 e. The molecule has 0 saturated heterocycles. The van der Waals surface area contributed by atoms with Gasteiger partial charge < -0.3 is 14.5 Å². The van der Waals surface area contributed by atoms with Gasteiger partial charge in [-0.3, -0.25) is 14.4 Å². The van der Waals surface area contributed by atoms with Crippen molar-refractivity contribution in [3.05, 3.63) is 64.1 Å². The highest BCUT2D eigenvalue weighted by atomic mass is 16.5. The van der Waals surface area contributed by atoms with Gasteiger partial charge in [-0.15, -0.1) is 0 Å². The van der Waals surface area contributed by atoms with Crippen molar-refractivity contribution in [1.82, 2.24) is 4.98 Å². The highest BCUT2D eigenvalue weighted by Crippen LogP contribution is 2.08. The molecule has 0 aliphatic heterocycles. The summed E-state index contributed by atoms with van der Waals surface area (Å²) < 4.78 is 10.6. The number of H-pyrrole nitrogens is 1. The summed E-state index contributed by atoms with van der Waals surface area (Å²) in [5, 5.41) is 0. The summed E-state index contributed by atoms with van der Waals surface area (Å²) in [5.74, 6) is 0.150. The van der Waals surface area contributed by atoms with Gasteiger partial charge in [0.15, 0.2) is 11.5 Å². The lowest BCUT2D eigenvalue weighted by atomic mass is 10.1. The molecule has 0 fully saturated rings. The fourth-order valence-electron chi connectivity index (χ4n) is 2.32. The summed E-state index contributed by atoms with van der Waals surface area (Å²) >= 11 is 0. The van der Waals surface area contributed by atoms with Crippen LogP contribution in [0.3, 0.4) is 0 Å². The van der Waals surface area contributed by atoms with Crippen LogP contribution >= 0.6 is 0 Å². The van der Waals surface area contributed by atoms with Gasteiger partial charge in [-0.2, -0.15) is 0 Å². The van der Waals surface area contributed by atoms with E-state index < -0.39 is 5.97 Å². The van der Waals surface area contributed by atoms with E-state index in [2.05, 4.69) is 18.8 Å². The average molecular weight is 371 g/mol. The number of nitrogens with one attached hydrogen (secondary N) is 1. The van der Waals surface area contributed by atoms with Crippen molar-refractivity contribution in [3.63, 3.8) is 0 Å². The zero-order chi connectivity index (χ0) is 19.6. The van der Waals surface area contributed by atoms with Crippen LogP contribution < -0.4 is 10.2 Å². The fraction of sp³-hybridized carbons (Fsp3) is 0.381. The van der Waals surface area contributed by atoms with E-state index in [0.717, 1.165) is 6.42 Å². The molecule has 0 aliphatic rings. The van der Waals surface area contributed by atoms with Gasteiger partial charge in [-0.25, -0.2) is 0 Å². The second-order valence-electron chi connectivity index (χ2n) is 6.67. The molecule has 0 aliphatic carbocycles. The standard InChI is InChI=1S/C21H25NO5/c1-15(2)10-11-26-20-13-22-17(12-19(20)24)14-27-21(25)9-8-18(23)16-6-4-3-5-7-16/h3-7,12-13,15H,8-11,14H2,1-2H3,(H,22,24). The van der Waals surface area contributed by atoms with E-state index in [4.69, 9.17) is 9.47 Å². The molecule has 0 bridgehead atoms. The molecule has 6 nitrogen and oxygen atoms in total. The Morgan fingerprint density at radius 1 is 1.11 bits per heavy atom. The average Bonchev–Trinajstić information content (AvgIpc) is 2.66. The van der Waals surface area contributed by atoms with Crippen molar-refractivity contribution in [2.24, 2.45) is 5.92 Å². The minimum absolute atomic E-state index is 0.00560. The second-order valence-corrected chi connectivity index (χ2v) is 6.67. The Morgan fingerprint density at radius 3 is 2.52 bits per heavy atom. The van der Waals surface area contributed by atoms with Crippen LogP contribution in [0.1, 0.15) is 49.2 Å². The van der Waals surface area contributed by atoms with Crippen molar-refractivity contribution < 1.29 is 19.1 Å². The van der Waals surface area contributed by atoms with Crippen molar-refractivity contribution in [2.75, 3.05) is 6.61 Å². The fourth-order valence-corrected chi connectivity index (χ4v) is 2.32. The highest BCUT2D eigenvalue weighted by molar-refractivity contribution is 5.97. The number of rotatable bonds is 10. The van der Waals surface area contributed by atoms with E-state index in [1.807, 2.05) is 6.07 Å². The summed E-state index contributed by atoms with van der Waals surface area (Å²) in [6.45, 7) is 4.58. The van der Waals surface area contributed by atoms with Gasteiger partial charge in [0, 0.05) is 24.2 Å². The van der Waals surface area contributed by atoms with E-state index in [1.54, 1.807) is 24.3 Å². The number of hydrogen-bond donors (Lipinski definition) is 1. The number of carbonyl (C=O) groups excluding carboxylic acids is 2. The maximum Gasteiger partial charge on any atom is 0.306 e. The highest BCUT2D eigenvalue weighted by Gasteiger charge is 2.11. The molecule has 0 atom stereocenters. The SMILES string of the molecule is CC(C)CCOc1c[nH]c(COC(=O)CCC(=O)c2ccccc2)cc1=O. The number of ketones is 1. The van der Waals surface area contributed by atoms with Crippen LogP contribution in [-0.4, -0.2) is 23.3 Å². The van der Waals surface area contributed by atoms with E-state index in [9.17, 15) is 14.4 Å². The molecule has 27 heavy (non-hydrogen) atoms. The van der Waals surface area contributed by atoms with Crippen LogP contribution in [0.2, 0.25) is 0 Å². The predicted molar refractivity (Wildman–Crippen MR) is 102 cm³/mol. The molecule has 144 valence electrons. The van der Waals surface area contributed by atoms with Crippen molar-refractivity contribution in [3.8, 4) is 5.75 Å². The summed E-state index contributed by atoms with van der Waals surface area (Å²) in [6, 6.07) is 10.2. The Balaban J connectivity index is 1.77. The van der Waals surface area contributed by atoms with Crippen LogP contribution in [-0.2, 0) is 16.1 Å². The number of benzene rings is 1. The van der Waals surface area contributed by atoms with E-state index in [0.29, 0.717) is 23.8 Å². The van der Waals surface area contributed by atoms with Gasteiger partial charge in [0.2, 0.25) is 5.43 Å². The minimum Gasteiger partial charge on any atom is -0.488 e. The third-order valence-corrected chi connectivity index (χ3v) is 3.93. The van der Waals surface area contributed by atoms with Crippen LogP contribution in [0.5, 0.6) is 5.75 Å². The van der Waals surface area contributed by atoms with Gasteiger partial charge >= 0.3 is 5.97 Å². The molecular weight excluding hydrogens is 346 g/mol. The lowest BCUT2D eigenvalue weighted by Crippen LogP contribution is -2.13. The van der Waals surface area contributed by atoms with Gasteiger partial charge in [-0.05, 0) is 12.3 Å². The van der Waals surface area contributed by atoms with Crippen molar-refractivity contribution in [1.29, 1.82) is 0 Å². The molecule has 6 heteroatoms. The molecule has 0 saturated carbocycles. The molecule has 2 aromatic rings. The van der Waals surface area contributed by atoms with Crippen LogP contribution in [0.25, 0.3) is 0 Å². The Kier molecular flexibility index (Phi) is 7.79. The van der Waals surface area contributed by atoms with Crippen LogP contribution in [0.4, 0.5) is 0 Å². The Labute approximate surface area is 158 Å². The topological polar surface area (TPSA) is 85.5 Å². The monoisotopic (exact) mass is 371 g/mol. The van der Waals surface area contributed by atoms with E-state index in [1.165, 1.54) is 12.3 Å². The van der Waals surface area contributed by atoms with Gasteiger partial charge in [0.25, 0.3) is 0 Å². The Hall–Kier alpha value is -2.89. The van der Waals surface area contributed by atoms with Crippen molar-refractivity contribution in [2.45, 2.75) is 39.7 Å². The molecule has 1 aromatic heterocycles. The molecule has 0 radical (unpaired) electrons. The summed E-state index contributed by atoms with van der Waals surface area (Å²) in [5.41, 5.74) is 0.782. The normalized spacial score (nSPS) is 10.6. The lowest BCUT2D eigenvalue weighted by molar-refractivity contribution is -0.145.